The van der Waals surface area contributed by atoms with Crippen LogP contribution in [-0.2, 0) is 6.18 Å². The number of benzene rings is 1. The van der Waals surface area contributed by atoms with E-state index in [9.17, 15) is 13.2 Å². The summed E-state index contributed by atoms with van der Waals surface area (Å²) in [6.07, 6.45) is -3.45. The van der Waals surface area contributed by atoms with Gasteiger partial charge < -0.3 is 0 Å². The predicted octanol–water partition coefficient (Wildman–Crippen LogP) is 4.42. The molecule has 0 unspecified atom stereocenters. The van der Waals surface area contributed by atoms with Crippen LogP contribution in [0.3, 0.4) is 0 Å². The zero-order valence-electron chi connectivity index (χ0n) is 8.50. The molecule has 1 aromatic carbocycles. The number of aromatic nitrogens is 1. The predicted molar refractivity (Wildman–Crippen MR) is 59.7 cm³/mol. The van der Waals surface area contributed by atoms with E-state index in [1.165, 1.54) is 0 Å². The van der Waals surface area contributed by atoms with Gasteiger partial charge in [-0.05, 0) is 6.07 Å². The molecule has 0 aliphatic carbocycles. The molecule has 0 spiro atoms. The fourth-order valence-corrected chi connectivity index (χ4v) is 1.63. The van der Waals surface area contributed by atoms with Gasteiger partial charge in [-0.1, -0.05) is 41.9 Å². The summed E-state index contributed by atoms with van der Waals surface area (Å²) < 4.78 is 37.9. The van der Waals surface area contributed by atoms with Crippen molar-refractivity contribution in [3.8, 4) is 11.3 Å². The van der Waals surface area contributed by atoms with Crippen molar-refractivity contribution in [3.05, 3.63) is 53.2 Å². The van der Waals surface area contributed by atoms with Crippen molar-refractivity contribution in [3.63, 3.8) is 0 Å². The van der Waals surface area contributed by atoms with Gasteiger partial charge in [-0.15, -0.1) is 0 Å². The first-order valence-electron chi connectivity index (χ1n) is 4.76. The molecule has 2 aromatic rings. The normalized spacial score (nSPS) is 11.5. The Labute approximate surface area is 101 Å². The molecule has 88 valence electrons. The molecule has 1 heterocycles. The second-order valence-electron chi connectivity index (χ2n) is 3.41. The lowest BCUT2D eigenvalue weighted by Gasteiger charge is -2.10. The first kappa shape index (κ1) is 11.9. The summed E-state index contributed by atoms with van der Waals surface area (Å²) in [6.45, 7) is 0. The summed E-state index contributed by atoms with van der Waals surface area (Å²) in [6, 6.07) is 9.59. The molecule has 17 heavy (non-hydrogen) atoms. The quantitative estimate of drug-likeness (QED) is 0.737. The molecule has 0 aliphatic heterocycles. The van der Waals surface area contributed by atoms with Crippen LogP contribution in [0.25, 0.3) is 11.3 Å². The van der Waals surface area contributed by atoms with E-state index in [4.69, 9.17) is 11.6 Å². The first-order valence-corrected chi connectivity index (χ1v) is 5.14. The van der Waals surface area contributed by atoms with Gasteiger partial charge in [0.1, 0.15) is 0 Å². The second kappa shape index (κ2) is 4.37. The van der Waals surface area contributed by atoms with Gasteiger partial charge in [0.05, 0.1) is 16.3 Å². The number of rotatable bonds is 1. The second-order valence-corrected chi connectivity index (χ2v) is 3.82. The molecule has 2 rings (SSSR count). The van der Waals surface area contributed by atoms with Crippen molar-refractivity contribution in [2.75, 3.05) is 0 Å². The number of hydrogen-bond donors (Lipinski definition) is 0. The van der Waals surface area contributed by atoms with Crippen LogP contribution < -0.4 is 0 Å². The first-order chi connectivity index (χ1) is 7.98. The molecular formula is C12H7ClF3N. The zero-order chi connectivity index (χ0) is 12.5. The lowest BCUT2D eigenvalue weighted by molar-refractivity contribution is -0.137. The third-order valence-corrected chi connectivity index (χ3v) is 2.53. The highest BCUT2D eigenvalue weighted by Gasteiger charge is 2.33. The Bertz CT molecular complexity index is 523. The average Bonchev–Trinajstić information content (AvgIpc) is 2.29. The summed E-state index contributed by atoms with van der Waals surface area (Å²) in [7, 11) is 0. The highest BCUT2D eigenvalue weighted by atomic mass is 35.5. The molecule has 5 heteroatoms. The highest BCUT2D eigenvalue weighted by Crippen LogP contribution is 2.36. The summed E-state index contributed by atoms with van der Waals surface area (Å²) in [5, 5.41) is -0.391. The van der Waals surface area contributed by atoms with Crippen molar-refractivity contribution >= 4 is 11.6 Å². The molecular weight excluding hydrogens is 251 g/mol. The Balaban J connectivity index is 2.53. The fourth-order valence-electron chi connectivity index (χ4n) is 1.42. The van der Waals surface area contributed by atoms with Gasteiger partial charge in [-0.25, -0.2) is 0 Å². The summed E-state index contributed by atoms with van der Waals surface area (Å²) >= 11 is 5.49. The van der Waals surface area contributed by atoms with Crippen LogP contribution in [-0.4, -0.2) is 4.98 Å². The Kier molecular flexibility index (Phi) is 3.07. The number of alkyl halides is 3. The molecule has 0 fully saturated rings. The monoisotopic (exact) mass is 257 g/mol. The van der Waals surface area contributed by atoms with E-state index in [1.807, 2.05) is 0 Å². The van der Waals surface area contributed by atoms with E-state index < -0.39 is 16.8 Å². The number of halogens is 4. The summed E-state index contributed by atoms with van der Waals surface area (Å²) in [5.74, 6) is 0. The van der Waals surface area contributed by atoms with E-state index in [2.05, 4.69) is 4.98 Å². The minimum atomic E-state index is -4.47. The van der Waals surface area contributed by atoms with Gasteiger partial charge in [0, 0.05) is 11.8 Å². The molecule has 0 bridgehead atoms. The molecule has 1 aromatic heterocycles. The van der Waals surface area contributed by atoms with Crippen LogP contribution in [0, 0.1) is 0 Å². The topological polar surface area (TPSA) is 12.9 Å². The van der Waals surface area contributed by atoms with Crippen molar-refractivity contribution in [1.82, 2.24) is 4.98 Å². The van der Waals surface area contributed by atoms with E-state index in [0.717, 1.165) is 12.3 Å². The maximum Gasteiger partial charge on any atom is 0.417 e. The van der Waals surface area contributed by atoms with Gasteiger partial charge >= 0.3 is 6.18 Å². The minimum absolute atomic E-state index is 0.252. The van der Waals surface area contributed by atoms with Crippen molar-refractivity contribution in [1.29, 1.82) is 0 Å². The van der Waals surface area contributed by atoms with Crippen molar-refractivity contribution in [2.45, 2.75) is 6.18 Å². The smallest absolute Gasteiger partial charge is 0.255 e. The van der Waals surface area contributed by atoms with Crippen LogP contribution in [0.1, 0.15) is 5.56 Å². The molecule has 0 radical (unpaired) electrons. The van der Waals surface area contributed by atoms with Gasteiger partial charge in [0.2, 0.25) is 0 Å². The molecule has 0 saturated heterocycles. The molecule has 0 N–H and O–H groups in total. The standard InChI is InChI=1S/C12H7ClF3N/c13-10-7-17-11(6-9(10)12(14,15)16)8-4-2-1-3-5-8/h1-7H. The SMILES string of the molecule is FC(F)(F)c1cc(-c2ccccc2)ncc1Cl. The third-order valence-electron chi connectivity index (χ3n) is 2.23. The largest absolute Gasteiger partial charge is 0.417 e. The maximum absolute atomic E-state index is 12.6. The Morgan fingerprint density at radius 1 is 1.06 bits per heavy atom. The van der Waals surface area contributed by atoms with Gasteiger partial charge in [0.15, 0.2) is 0 Å². The van der Waals surface area contributed by atoms with Crippen LogP contribution in [0.2, 0.25) is 5.02 Å². The summed E-state index contributed by atoms with van der Waals surface area (Å²) in [5.41, 5.74) is 0.00464. The van der Waals surface area contributed by atoms with E-state index >= 15 is 0 Å². The zero-order valence-corrected chi connectivity index (χ0v) is 9.26. The number of pyridine rings is 1. The molecule has 0 atom stereocenters. The van der Waals surface area contributed by atoms with Crippen LogP contribution >= 0.6 is 11.6 Å². The average molecular weight is 258 g/mol. The fraction of sp³-hybridized carbons (Fsp3) is 0.0833. The molecule has 0 amide bonds. The maximum atomic E-state index is 12.6. The van der Waals surface area contributed by atoms with Crippen LogP contribution in [0.4, 0.5) is 13.2 Å². The highest BCUT2D eigenvalue weighted by molar-refractivity contribution is 6.31. The molecule has 0 aliphatic rings. The Hall–Kier alpha value is -1.55. The van der Waals surface area contributed by atoms with E-state index in [-0.39, 0.29) is 5.69 Å². The van der Waals surface area contributed by atoms with Crippen molar-refractivity contribution < 1.29 is 13.2 Å². The summed E-state index contributed by atoms with van der Waals surface area (Å²) in [4.78, 5) is 3.89. The van der Waals surface area contributed by atoms with E-state index in [0.29, 0.717) is 5.56 Å². The molecule has 0 saturated carbocycles. The lowest BCUT2D eigenvalue weighted by Crippen LogP contribution is -2.06. The van der Waals surface area contributed by atoms with E-state index in [1.54, 1.807) is 30.3 Å². The molecule has 1 nitrogen and oxygen atoms in total. The van der Waals surface area contributed by atoms with Gasteiger partial charge in [-0.2, -0.15) is 13.2 Å². The number of hydrogen-bond acceptors (Lipinski definition) is 1. The lowest BCUT2D eigenvalue weighted by atomic mass is 10.1. The van der Waals surface area contributed by atoms with Crippen LogP contribution in [0.5, 0.6) is 0 Å². The van der Waals surface area contributed by atoms with Gasteiger partial charge in [0.25, 0.3) is 0 Å². The Morgan fingerprint density at radius 2 is 1.71 bits per heavy atom. The number of nitrogens with zero attached hydrogens (tertiary/aromatic N) is 1. The minimum Gasteiger partial charge on any atom is -0.255 e. The van der Waals surface area contributed by atoms with Gasteiger partial charge in [-0.3, -0.25) is 4.98 Å². The Morgan fingerprint density at radius 3 is 2.29 bits per heavy atom. The van der Waals surface area contributed by atoms with Crippen LogP contribution in [0.15, 0.2) is 42.6 Å². The third kappa shape index (κ3) is 2.58. The van der Waals surface area contributed by atoms with Crippen molar-refractivity contribution in [2.24, 2.45) is 0 Å².